The Kier molecular flexibility index (Phi) is 4.66. The molecule has 2 N–H and O–H groups in total. The molecule has 1 saturated heterocycles. The summed E-state index contributed by atoms with van der Waals surface area (Å²) in [5.41, 5.74) is 5.63. The number of hydrogen-bond donors (Lipinski definition) is 1. The van der Waals surface area contributed by atoms with Gasteiger partial charge in [0, 0.05) is 23.7 Å². The molecule has 0 aromatic heterocycles. The molecular weight excluding hydrogens is 244 g/mol. The lowest BCUT2D eigenvalue weighted by molar-refractivity contribution is -0.131. The van der Waals surface area contributed by atoms with Gasteiger partial charge in [0.15, 0.2) is 0 Å². The summed E-state index contributed by atoms with van der Waals surface area (Å²) in [6, 6.07) is 10.0. The van der Waals surface area contributed by atoms with Crippen molar-refractivity contribution in [2.45, 2.75) is 24.3 Å². The van der Waals surface area contributed by atoms with Gasteiger partial charge in [-0.3, -0.25) is 4.79 Å². The van der Waals surface area contributed by atoms with Crippen LogP contribution in [0.3, 0.4) is 0 Å². The van der Waals surface area contributed by atoms with Crippen LogP contribution < -0.4 is 5.73 Å². The Bertz CT molecular complexity index is 394. The Hall–Kier alpha value is -1.00. The summed E-state index contributed by atoms with van der Waals surface area (Å²) in [7, 11) is 0. The zero-order valence-electron chi connectivity index (χ0n) is 10.7. The van der Waals surface area contributed by atoms with E-state index in [2.05, 4.69) is 24.3 Å². The molecule has 98 valence electrons. The summed E-state index contributed by atoms with van der Waals surface area (Å²) < 4.78 is 0. The average Bonchev–Trinajstić information content (AvgIpc) is 2.85. The first-order chi connectivity index (χ1) is 8.66. The molecule has 1 unspecified atom stereocenters. The molecule has 1 aromatic rings. The van der Waals surface area contributed by atoms with E-state index in [0.717, 1.165) is 25.3 Å². The third-order valence-corrected chi connectivity index (χ3v) is 4.46. The van der Waals surface area contributed by atoms with Crippen LogP contribution in [-0.2, 0) is 4.79 Å². The third kappa shape index (κ3) is 3.50. The van der Waals surface area contributed by atoms with Crippen molar-refractivity contribution in [3.8, 4) is 0 Å². The summed E-state index contributed by atoms with van der Waals surface area (Å²) >= 11 is 1.87. The molecular formula is C14H20N2OS. The quantitative estimate of drug-likeness (QED) is 0.846. The number of benzene rings is 1. The standard InChI is InChI=1S/C14H20N2OS/c1-11(15)14(17)16-8-7-12(9-16)10-18-13-5-3-2-4-6-13/h2-6,11-12H,7-10,15H2,1H3/t11-,12?/m1/s1. The largest absolute Gasteiger partial charge is 0.341 e. The molecule has 1 aromatic carbocycles. The van der Waals surface area contributed by atoms with E-state index in [1.54, 1.807) is 6.92 Å². The van der Waals surface area contributed by atoms with E-state index in [4.69, 9.17) is 5.73 Å². The van der Waals surface area contributed by atoms with Gasteiger partial charge in [-0.2, -0.15) is 0 Å². The number of carbonyl (C=O) groups is 1. The van der Waals surface area contributed by atoms with Gasteiger partial charge >= 0.3 is 0 Å². The Balaban J connectivity index is 1.78. The van der Waals surface area contributed by atoms with Crippen LogP contribution in [0, 0.1) is 5.92 Å². The molecule has 0 radical (unpaired) electrons. The van der Waals surface area contributed by atoms with Crippen LogP contribution >= 0.6 is 11.8 Å². The van der Waals surface area contributed by atoms with Gasteiger partial charge < -0.3 is 10.6 Å². The van der Waals surface area contributed by atoms with E-state index in [1.807, 2.05) is 22.7 Å². The minimum atomic E-state index is -0.370. The van der Waals surface area contributed by atoms with E-state index in [1.165, 1.54) is 4.90 Å². The second-order valence-corrected chi connectivity index (χ2v) is 5.95. The van der Waals surface area contributed by atoms with Crippen molar-refractivity contribution in [3.63, 3.8) is 0 Å². The first-order valence-electron chi connectivity index (χ1n) is 6.39. The highest BCUT2D eigenvalue weighted by Gasteiger charge is 2.27. The van der Waals surface area contributed by atoms with Crippen LogP contribution in [0.5, 0.6) is 0 Å². The topological polar surface area (TPSA) is 46.3 Å². The second kappa shape index (κ2) is 6.25. The lowest BCUT2D eigenvalue weighted by Gasteiger charge is -2.18. The van der Waals surface area contributed by atoms with Crippen LogP contribution in [0.15, 0.2) is 35.2 Å². The summed E-state index contributed by atoms with van der Waals surface area (Å²) in [6.45, 7) is 3.48. The van der Waals surface area contributed by atoms with Gasteiger partial charge in [0.05, 0.1) is 6.04 Å². The monoisotopic (exact) mass is 264 g/mol. The van der Waals surface area contributed by atoms with Crippen molar-refractivity contribution in [1.29, 1.82) is 0 Å². The van der Waals surface area contributed by atoms with Gasteiger partial charge in [0.25, 0.3) is 0 Å². The van der Waals surface area contributed by atoms with Gasteiger partial charge in [-0.15, -0.1) is 11.8 Å². The van der Waals surface area contributed by atoms with E-state index in [-0.39, 0.29) is 11.9 Å². The highest BCUT2D eigenvalue weighted by molar-refractivity contribution is 7.99. The highest BCUT2D eigenvalue weighted by atomic mass is 32.2. The first kappa shape index (κ1) is 13.4. The number of likely N-dealkylation sites (tertiary alicyclic amines) is 1. The molecule has 3 nitrogen and oxygen atoms in total. The molecule has 0 spiro atoms. The predicted molar refractivity (Wildman–Crippen MR) is 75.5 cm³/mol. The molecule has 4 heteroatoms. The fourth-order valence-electron chi connectivity index (χ4n) is 2.19. The summed E-state index contributed by atoms with van der Waals surface area (Å²) in [4.78, 5) is 15.0. The predicted octanol–water partition coefficient (Wildman–Crippen LogP) is 1.97. The van der Waals surface area contributed by atoms with Crippen LogP contribution in [0.1, 0.15) is 13.3 Å². The molecule has 1 aliphatic heterocycles. The van der Waals surface area contributed by atoms with Crippen molar-refractivity contribution in [3.05, 3.63) is 30.3 Å². The summed E-state index contributed by atoms with van der Waals surface area (Å²) in [6.07, 6.45) is 1.10. The molecule has 2 atom stereocenters. The molecule has 1 amide bonds. The van der Waals surface area contributed by atoms with E-state index in [9.17, 15) is 4.79 Å². The van der Waals surface area contributed by atoms with Gasteiger partial charge in [0.1, 0.15) is 0 Å². The fraction of sp³-hybridized carbons (Fsp3) is 0.500. The number of rotatable bonds is 4. The second-order valence-electron chi connectivity index (χ2n) is 4.85. The highest BCUT2D eigenvalue weighted by Crippen LogP contribution is 2.25. The number of hydrogen-bond acceptors (Lipinski definition) is 3. The Labute approximate surface area is 113 Å². The smallest absolute Gasteiger partial charge is 0.239 e. The first-order valence-corrected chi connectivity index (χ1v) is 7.37. The molecule has 0 aliphatic carbocycles. The van der Waals surface area contributed by atoms with E-state index < -0.39 is 0 Å². The van der Waals surface area contributed by atoms with Crippen molar-refractivity contribution in [2.75, 3.05) is 18.8 Å². The van der Waals surface area contributed by atoms with Crippen molar-refractivity contribution in [1.82, 2.24) is 4.90 Å². The average molecular weight is 264 g/mol. The van der Waals surface area contributed by atoms with E-state index in [0.29, 0.717) is 5.92 Å². The molecule has 1 heterocycles. The van der Waals surface area contributed by atoms with Crippen molar-refractivity contribution >= 4 is 17.7 Å². The zero-order valence-corrected chi connectivity index (χ0v) is 11.5. The number of carbonyl (C=O) groups excluding carboxylic acids is 1. The lowest BCUT2D eigenvalue weighted by Crippen LogP contribution is -2.40. The van der Waals surface area contributed by atoms with Gasteiger partial charge in [-0.1, -0.05) is 18.2 Å². The molecule has 0 saturated carbocycles. The SMILES string of the molecule is C[C@@H](N)C(=O)N1CCC(CSc2ccccc2)C1. The molecule has 1 aliphatic rings. The number of thioether (sulfide) groups is 1. The minimum Gasteiger partial charge on any atom is -0.341 e. The van der Waals surface area contributed by atoms with E-state index >= 15 is 0 Å². The Morgan fingerprint density at radius 1 is 1.50 bits per heavy atom. The third-order valence-electron chi connectivity index (χ3n) is 3.22. The normalized spacial score (nSPS) is 21.0. The van der Waals surface area contributed by atoms with Crippen LogP contribution in [0.2, 0.25) is 0 Å². The maximum absolute atomic E-state index is 11.8. The number of nitrogens with two attached hydrogens (primary N) is 1. The maximum atomic E-state index is 11.8. The van der Waals surface area contributed by atoms with Gasteiger partial charge in [-0.05, 0) is 31.4 Å². The van der Waals surface area contributed by atoms with Crippen LogP contribution in [0.4, 0.5) is 0 Å². The molecule has 0 bridgehead atoms. The molecule has 2 rings (SSSR count). The summed E-state index contributed by atoms with van der Waals surface area (Å²) in [5.74, 6) is 1.76. The number of amides is 1. The Morgan fingerprint density at radius 3 is 2.89 bits per heavy atom. The summed E-state index contributed by atoms with van der Waals surface area (Å²) in [5, 5.41) is 0. The van der Waals surface area contributed by atoms with Crippen molar-refractivity contribution < 1.29 is 4.79 Å². The fourth-order valence-corrected chi connectivity index (χ4v) is 3.24. The van der Waals surface area contributed by atoms with Gasteiger partial charge in [-0.25, -0.2) is 0 Å². The molecule has 1 fully saturated rings. The molecule has 18 heavy (non-hydrogen) atoms. The van der Waals surface area contributed by atoms with Crippen molar-refractivity contribution in [2.24, 2.45) is 11.7 Å². The van der Waals surface area contributed by atoms with Gasteiger partial charge in [0.2, 0.25) is 5.91 Å². The van der Waals surface area contributed by atoms with Crippen LogP contribution in [0.25, 0.3) is 0 Å². The van der Waals surface area contributed by atoms with Crippen LogP contribution in [-0.4, -0.2) is 35.7 Å². The maximum Gasteiger partial charge on any atom is 0.239 e. The minimum absolute atomic E-state index is 0.0854. The Morgan fingerprint density at radius 2 is 2.22 bits per heavy atom. The lowest BCUT2D eigenvalue weighted by atomic mass is 10.2. The zero-order chi connectivity index (χ0) is 13.0. The number of nitrogens with zero attached hydrogens (tertiary/aromatic N) is 1.